The smallest absolute Gasteiger partial charge is 0.0415 e. The molecule has 0 aromatic heterocycles. The Balaban J connectivity index is 1.83. The van der Waals surface area contributed by atoms with Crippen molar-refractivity contribution >= 4 is 0 Å². The van der Waals surface area contributed by atoms with Crippen molar-refractivity contribution in [3.8, 4) is 0 Å². The van der Waals surface area contributed by atoms with Crippen LogP contribution in [-0.2, 0) is 12.8 Å². The molecule has 2 nitrogen and oxygen atoms in total. The predicted molar refractivity (Wildman–Crippen MR) is 80.3 cm³/mol. The zero-order valence-corrected chi connectivity index (χ0v) is 12.1. The fourth-order valence-electron chi connectivity index (χ4n) is 3.66. The Labute approximate surface area is 117 Å². The Morgan fingerprint density at radius 2 is 1.84 bits per heavy atom. The lowest BCUT2D eigenvalue weighted by Crippen LogP contribution is -2.56. The topological polar surface area (TPSA) is 29.3 Å². The summed E-state index contributed by atoms with van der Waals surface area (Å²) < 4.78 is 0. The molecule has 104 valence electrons. The molecule has 0 saturated heterocycles. The Kier molecular flexibility index (Phi) is 3.64. The molecule has 0 atom stereocenters. The molecule has 2 aliphatic carbocycles. The molecule has 2 N–H and O–H groups in total. The molecule has 0 unspecified atom stereocenters. The Morgan fingerprint density at radius 1 is 1.21 bits per heavy atom. The molecule has 0 radical (unpaired) electrons. The van der Waals surface area contributed by atoms with Crippen LogP contribution in [0.1, 0.15) is 43.7 Å². The van der Waals surface area contributed by atoms with Gasteiger partial charge in [0.25, 0.3) is 0 Å². The zero-order valence-electron chi connectivity index (χ0n) is 12.1. The van der Waals surface area contributed by atoms with Crippen molar-refractivity contribution in [3.63, 3.8) is 0 Å². The molecule has 0 bridgehead atoms. The highest BCUT2D eigenvalue weighted by Gasteiger charge is 2.46. The summed E-state index contributed by atoms with van der Waals surface area (Å²) in [5, 5.41) is 0. The quantitative estimate of drug-likeness (QED) is 0.850. The Bertz CT molecular complexity index is 412. The molecule has 1 saturated carbocycles. The minimum absolute atomic E-state index is 0.208. The van der Waals surface area contributed by atoms with Crippen LogP contribution in [0, 0.1) is 0 Å². The van der Waals surface area contributed by atoms with Crippen LogP contribution in [-0.4, -0.2) is 29.6 Å². The van der Waals surface area contributed by atoms with Gasteiger partial charge in [-0.15, -0.1) is 0 Å². The van der Waals surface area contributed by atoms with Crippen molar-refractivity contribution in [3.05, 3.63) is 35.4 Å². The fourth-order valence-corrected chi connectivity index (χ4v) is 3.66. The van der Waals surface area contributed by atoms with Crippen LogP contribution < -0.4 is 5.73 Å². The first-order valence-corrected chi connectivity index (χ1v) is 7.83. The van der Waals surface area contributed by atoms with E-state index in [1.165, 1.54) is 43.4 Å². The predicted octanol–water partition coefficient (Wildman–Crippen LogP) is 2.75. The maximum Gasteiger partial charge on any atom is 0.0415 e. The average Bonchev–Trinajstić information content (AvgIpc) is 3.19. The highest BCUT2D eigenvalue weighted by atomic mass is 15.3. The van der Waals surface area contributed by atoms with Gasteiger partial charge in [-0.05, 0) is 49.8 Å². The van der Waals surface area contributed by atoms with E-state index in [2.05, 4.69) is 36.1 Å². The average molecular weight is 258 g/mol. The van der Waals surface area contributed by atoms with Gasteiger partial charge in [0.2, 0.25) is 0 Å². The largest absolute Gasteiger partial charge is 0.329 e. The van der Waals surface area contributed by atoms with Gasteiger partial charge >= 0.3 is 0 Å². The van der Waals surface area contributed by atoms with Crippen molar-refractivity contribution in [2.24, 2.45) is 5.73 Å². The molecule has 19 heavy (non-hydrogen) atoms. The molecule has 2 aliphatic rings. The van der Waals surface area contributed by atoms with E-state index in [-0.39, 0.29) is 5.54 Å². The van der Waals surface area contributed by atoms with Gasteiger partial charge in [0.05, 0.1) is 0 Å². The number of benzene rings is 1. The van der Waals surface area contributed by atoms with Gasteiger partial charge in [0.1, 0.15) is 0 Å². The molecule has 1 fully saturated rings. The number of unbranched alkanes of at least 4 members (excludes halogenated alkanes) is 1. The molecule has 0 spiro atoms. The standard InChI is InChI=1S/C17H26N2/c1-2-3-10-19(16-8-9-16)17(13-18)11-14-6-4-5-7-15(14)12-17/h4-7,16H,2-3,8-13,18H2,1H3. The van der Waals surface area contributed by atoms with E-state index in [0.717, 1.165) is 25.4 Å². The van der Waals surface area contributed by atoms with Crippen molar-refractivity contribution in [2.45, 2.75) is 57.0 Å². The molecule has 1 aromatic carbocycles. The summed E-state index contributed by atoms with van der Waals surface area (Å²) in [5.74, 6) is 0. The van der Waals surface area contributed by atoms with Crippen LogP contribution in [0.3, 0.4) is 0 Å². The van der Waals surface area contributed by atoms with E-state index in [1.807, 2.05) is 0 Å². The van der Waals surface area contributed by atoms with Crippen molar-refractivity contribution < 1.29 is 0 Å². The van der Waals surface area contributed by atoms with Crippen molar-refractivity contribution in [1.82, 2.24) is 4.90 Å². The monoisotopic (exact) mass is 258 g/mol. The SMILES string of the molecule is CCCCN(C1CC1)C1(CN)Cc2ccccc2C1. The van der Waals surface area contributed by atoms with Gasteiger partial charge in [-0.2, -0.15) is 0 Å². The van der Waals surface area contributed by atoms with Gasteiger partial charge in [0, 0.05) is 18.1 Å². The van der Waals surface area contributed by atoms with Crippen molar-refractivity contribution in [2.75, 3.05) is 13.1 Å². The van der Waals surface area contributed by atoms with Gasteiger partial charge in [-0.25, -0.2) is 0 Å². The number of rotatable bonds is 6. The normalized spacial score (nSPS) is 20.8. The van der Waals surface area contributed by atoms with E-state index in [1.54, 1.807) is 0 Å². The van der Waals surface area contributed by atoms with E-state index in [0.29, 0.717) is 0 Å². The lowest BCUT2D eigenvalue weighted by Gasteiger charge is -2.41. The number of hydrogen-bond acceptors (Lipinski definition) is 2. The van der Waals surface area contributed by atoms with E-state index in [9.17, 15) is 0 Å². The number of fused-ring (bicyclic) bond motifs is 1. The highest BCUT2D eigenvalue weighted by molar-refractivity contribution is 5.37. The van der Waals surface area contributed by atoms with Crippen LogP contribution in [0.5, 0.6) is 0 Å². The molecule has 0 heterocycles. The zero-order chi connectivity index (χ0) is 13.3. The van der Waals surface area contributed by atoms with Gasteiger partial charge in [-0.1, -0.05) is 37.6 Å². The number of hydrogen-bond donors (Lipinski definition) is 1. The summed E-state index contributed by atoms with van der Waals surface area (Å²) in [6.45, 7) is 4.30. The van der Waals surface area contributed by atoms with Crippen LogP contribution in [0.2, 0.25) is 0 Å². The van der Waals surface area contributed by atoms with Crippen LogP contribution >= 0.6 is 0 Å². The Morgan fingerprint density at radius 3 is 2.32 bits per heavy atom. The summed E-state index contributed by atoms with van der Waals surface area (Å²) in [6, 6.07) is 9.72. The van der Waals surface area contributed by atoms with E-state index < -0.39 is 0 Å². The summed E-state index contributed by atoms with van der Waals surface area (Å²) in [4.78, 5) is 2.76. The number of nitrogens with two attached hydrogens (primary N) is 1. The molecule has 2 heteroatoms. The summed E-state index contributed by atoms with van der Waals surface area (Å²) >= 11 is 0. The van der Waals surface area contributed by atoms with Crippen molar-refractivity contribution in [1.29, 1.82) is 0 Å². The lowest BCUT2D eigenvalue weighted by molar-refractivity contribution is 0.0911. The first-order valence-electron chi connectivity index (χ1n) is 7.83. The molecular formula is C17H26N2. The molecule has 1 aromatic rings. The molecule has 3 rings (SSSR count). The van der Waals surface area contributed by atoms with E-state index >= 15 is 0 Å². The minimum atomic E-state index is 0.208. The molecule has 0 amide bonds. The maximum atomic E-state index is 6.24. The van der Waals surface area contributed by atoms with Gasteiger partial charge in [0.15, 0.2) is 0 Å². The fraction of sp³-hybridized carbons (Fsp3) is 0.647. The summed E-state index contributed by atoms with van der Waals surface area (Å²) in [7, 11) is 0. The maximum absolute atomic E-state index is 6.24. The third-order valence-corrected chi connectivity index (χ3v) is 4.89. The molecular weight excluding hydrogens is 232 g/mol. The van der Waals surface area contributed by atoms with E-state index in [4.69, 9.17) is 5.73 Å². The third-order valence-electron chi connectivity index (χ3n) is 4.89. The second-order valence-corrected chi connectivity index (χ2v) is 6.33. The summed E-state index contributed by atoms with van der Waals surface area (Å²) in [6.07, 6.45) is 7.63. The first kappa shape index (κ1) is 13.1. The highest BCUT2D eigenvalue weighted by Crippen LogP contribution is 2.40. The second kappa shape index (κ2) is 5.26. The minimum Gasteiger partial charge on any atom is -0.329 e. The van der Waals surface area contributed by atoms with Crippen LogP contribution in [0.4, 0.5) is 0 Å². The second-order valence-electron chi connectivity index (χ2n) is 6.33. The van der Waals surface area contributed by atoms with Crippen LogP contribution in [0.25, 0.3) is 0 Å². The third kappa shape index (κ3) is 2.44. The number of nitrogens with zero attached hydrogens (tertiary/aromatic N) is 1. The van der Waals surface area contributed by atoms with Gasteiger partial charge < -0.3 is 5.73 Å². The Hall–Kier alpha value is -0.860. The van der Waals surface area contributed by atoms with Gasteiger partial charge in [-0.3, -0.25) is 4.90 Å². The lowest BCUT2D eigenvalue weighted by atomic mass is 9.92. The summed E-state index contributed by atoms with van der Waals surface area (Å²) in [5.41, 5.74) is 9.50. The molecule has 0 aliphatic heterocycles. The first-order chi connectivity index (χ1) is 9.29. The van der Waals surface area contributed by atoms with Crippen LogP contribution in [0.15, 0.2) is 24.3 Å².